The van der Waals surface area contributed by atoms with Crippen molar-refractivity contribution < 1.29 is 80.2 Å². The van der Waals surface area contributed by atoms with Gasteiger partial charge in [-0.2, -0.15) is 0 Å². The highest BCUT2D eigenvalue weighted by Crippen LogP contribution is 2.45. The zero-order valence-electron chi connectivity index (χ0n) is 58.6. The number of hydrogen-bond donors (Lipinski definition) is 3. The Morgan fingerprint density at radius 1 is 0.322 bits per heavy atom. The SMILES string of the molecule is CCCCCCCCCC(=O)OC[C@H](COP(=O)(O)OC[C@H](O)COP(=O)(O)OC[C@@H](COC(=O)CCCCCCCCCCC(C)CC)OC(=O)CCCCCCCCCCCCCCCCCCCCC(C)CC)OC(=O)CCCCCCCCC(C)C. The molecule has 0 aliphatic heterocycles. The molecule has 17 nitrogen and oxygen atoms in total. The number of rotatable bonds is 69. The fourth-order valence-electron chi connectivity index (χ4n) is 10.7. The minimum atomic E-state index is -4.95. The predicted molar refractivity (Wildman–Crippen MR) is 363 cm³/mol. The van der Waals surface area contributed by atoms with E-state index in [-0.39, 0.29) is 25.7 Å². The van der Waals surface area contributed by atoms with Crippen molar-refractivity contribution in [1.29, 1.82) is 0 Å². The van der Waals surface area contributed by atoms with E-state index >= 15 is 0 Å². The average Bonchev–Trinajstić information content (AvgIpc) is 3.73. The Labute approximate surface area is 549 Å². The van der Waals surface area contributed by atoms with Gasteiger partial charge in [0, 0.05) is 25.7 Å². The van der Waals surface area contributed by atoms with Crippen LogP contribution in [0.25, 0.3) is 0 Å². The fourth-order valence-corrected chi connectivity index (χ4v) is 12.2. The smallest absolute Gasteiger partial charge is 0.462 e. The maximum Gasteiger partial charge on any atom is 0.472 e. The second kappa shape index (κ2) is 61.9. The van der Waals surface area contributed by atoms with Gasteiger partial charge in [0.15, 0.2) is 12.2 Å². The first-order chi connectivity index (χ1) is 43.3. The van der Waals surface area contributed by atoms with Crippen LogP contribution in [0.3, 0.4) is 0 Å². The van der Waals surface area contributed by atoms with Crippen molar-refractivity contribution in [3.8, 4) is 0 Å². The summed E-state index contributed by atoms with van der Waals surface area (Å²) in [4.78, 5) is 72.3. The zero-order chi connectivity index (χ0) is 66.6. The van der Waals surface area contributed by atoms with Crippen LogP contribution < -0.4 is 0 Å². The molecular weight excluding hydrogens is 1190 g/mol. The lowest BCUT2D eigenvalue weighted by Crippen LogP contribution is -2.30. The van der Waals surface area contributed by atoms with E-state index < -0.39 is 97.5 Å². The largest absolute Gasteiger partial charge is 0.472 e. The third-order valence-corrected chi connectivity index (χ3v) is 19.0. The van der Waals surface area contributed by atoms with Gasteiger partial charge in [-0.15, -0.1) is 0 Å². The number of esters is 4. The summed E-state index contributed by atoms with van der Waals surface area (Å²) in [6.07, 6.45) is 46.2. The molecule has 4 unspecified atom stereocenters. The first kappa shape index (κ1) is 88.1. The van der Waals surface area contributed by atoms with Gasteiger partial charge in [-0.25, -0.2) is 9.13 Å². The van der Waals surface area contributed by atoms with Crippen LogP contribution in [-0.2, 0) is 65.4 Å². The van der Waals surface area contributed by atoms with E-state index in [2.05, 4.69) is 48.5 Å². The van der Waals surface area contributed by atoms with Gasteiger partial charge >= 0.3 is 39.5 Å². The van der Waals surface area contributed by atoms with E-state index in [4.69, 9.17) is 37.0 Å². The average molecular weight is 1330 g/mol. The molecule has 0 aromatic carbocycles. The second-order valence-corrected chi connectivity index (χ2v) is 29.5. The van der Waals surface area contributed by atoms with Gasteiger partial charge in [0.2, 0.25) is 0 Å². The molecule has 90 heavy (non-hydrogen) atoms. The van der Waals surface area contributed by atoms with Crippen molar-refractivity contribution in [2.75, 3.05) is 39.6 Å². The number of carbonyl (C=O) groups excluding carboxylic acids is 4. The van der Waals surface area contributed by atoms with Gasteiger partial charge in [-0.1, -0.05) is 305 Å². The van der Waals surface area contributed by atoms with E-state index in [0.29, 0.717) is 31.6 Å². The Bertz CT molecular complexity index is 1770. The normalized spacial score (nSPS) is 14.8. The number of ether oxygens (including phenoxy) is 4. The number of hydrogen-bond acceptors (Lipinski definition) is 15. The number of phosphoric acid groups is 2. The minimum absolute atomic E-state index is 0.101. The highest BCUT2D eigenvalue weighted by molar-refractivity contribution is 7.47. The molecule has 0 bridgehead atoms. The zero-order valence-corrected chi connectivity index (χ0v) is 60.4. The van der Waals surface area contributed by atoms with Crippen molar-refractivity contribution in [2.45, 2.75) is 375 Å². The first-order valence-corrected chi connectivity index (χ1v) is 39.9. The molecule has 0 amide bonds. The molecule has 7 atom stereocenters. The highest BCUT2D eigenvalue weighted by atomic mass is 31.2. The monoisotopic (exact) mass is 1320 g/mol. The molecule has 0 radical (unpaired) electrons. The summed E-state index contributed by atoms with van der Waals surface area (Å²) in [5.74, 6) is 0.183. The standard InChI is InChI=1S/C71H138O17P2/c1-8-11-12-13-28-38-45-52-68(73)81-58-67(88-71(76)55-48-41-34-33-35-42-49-62(4)5)61-86-90(79,80)84-57-65(72)56-83-89(77,78)85-60-66(59-82-69(74)53-46-39-31-27-26-30-37-44-51-64(7)10-3)87-70(75)54-47-40-32-25-23-21-19-17-15-14-16-18-20-22-24-29-36-43-50-63(6)9-2/h62-67,72H,8-61H2,1-7H3,(H,77,78)(H,79,80)/t63?,64?,65-,66-,67-/m1/s1. The molecule has 0 heterocycles. The highest BCUT2D eigenvalue weighted by Gasteiger charge is 2.30. The summed E-state index contributed by atoms with van der Waals surface area (Å²) in [5.41, 5.74) is 0. The van der Waals surface area contributed by atoms with Crippen LogP contribution in [0, 0.1) is 17.8 Å². The van der Waals surface area contributed by atoms with Crippen LogP contribution in [0.1, 0.15) is 357 Å². The van der Waals surface area contributed by atoms with Crippen LogP contribution in [0.2, 0.25) is 0 Å². The van der Waals surface area contributed by atoms with Crippen molar-refractivity contribution in [3.05, 3.63) is 0 Å². The Balaban J connectivity index is 5.12. The molecule has 3 N–H and O–H groups in total. The summed E-state index contributed by atoms with van der Waals surface area (Å²) in [5, 5.41) is 10.6. The van der Waals surface area contributed by atoms with Crippen molar-refractivity contribution in [2.24, 2.45) is 17.8 Å². The van der Waals surface area contributed by atoms with Crippen LogP contribution >= 0.6 is 15.6 Å². The first-order valence-electron chi connectivity index (χ1n) is 36.9. The van der Waals surface area contributed by atoms with E-state index in [0.717, 1.165) is 115 Å². The maximum absolute atomic E-state index is 13.0. The summed E-state index contributed by atoms with van der Waals surface area (Å²) in [6.45, 7) is 11.8. The predicted octanol–water partition coefficient (Wildman–Crippen LogP) is 20.2. The molecule has 534 valence electrons. The number of aliphatic hydroxyl groups is 1. The third-order valence-electron chi connectivity index (χ3n) is 17.1. The van der Waals surface area contributed by atoms with E-state index in [1.165, 1.54) is 154 Å². The molecule has 0 saturated carbocycles. The topological polar surface area (TPSA) is 237 Å². The van der Waals surface area contributed by atoms with Crippen molar-refractivity contribution >= 4 is 39.5 Å². The molecular formula is C71H138O17P2. The number of unbranched alkanes of at least 4 members (excludes halogenated alkanes) is 35. The number of aliphatic hydroxyl groups excluding tert-OH is 1. The summed E-state index contributed by atoms with van der Waals surface area (Å²) in [6, 6.07) is 0. The minimum Gasteiger partial charge on any atom is -0.462 e. The lowest BCUT2D eigenvalue weighted by molar-refractivity contribution is -0.161. The van der Waals surface area contributed by atoms with Crippen LogP contribution in [0.5, 0.6) is 0 Å². The quantitative estimate of drug-likeness (QED) is 0.0222. The molecule has 19 heteroatoms. The van der Waals surface area contributed by atoms with Gasteiger partial charge in [-0.05, 0) is 43.4 Å². The van der Waals surface area contributed by atoms with E-state index in [9.17, 15) is 43.2 Å². The number of carbonyl (C=O) groups is 4. The number of phosphoric ester groups is 2. The molecule has 0 fully saturated rings. The molecule has 0 rings (SSSR count). The van der Waals surface area contributed by atoms with Crippen molar-refractivity contribution in [3.63, 3.8) is 0 Å². The molecule has 0 aliphatic rings. The van der Waals surface area contributed by atoms with E-state index in [1.54, 1.807) is 0 Å². The molecule has 0 spiro atoms. The second-order valence-electron chi connectivity index (χ2n) is 26.6. The molecule has 0 saturated heterocycles. The Hall–Kier alpha value is -1.94. The van der Waals surface area contributed by atoms with Crippen LogP contribution in [-0.4, -0.2) is 96.7 Å². The summed E-state index contributed by atoms with van der Waals surface area (Å²) >= 11 is 0. The van der Waals surface area contributed by atoms with E-state index in [1.807, 2.05) is 0 Å². The maximum atomic E-state index is 13.0. The van der Waals surface area contributed by atoms with Gasteiger partial charge in [0.05, 0.1) is 26.4 Å². The Kier molecular flexibility index (Phi) is 60.6. The van der Waals surface area contributed by atoms with Crippen LogP contribution in [0.15, 0.2) is 0 Å². The fraction of sp³-hybridized carbons (Fsp3) is 0.944. The Morgan fingerprint density at radius 3 is 0.844 bits per heavy atom. The molecule has 0 aromatic rings. The summed E-state index contributed by atoms with van der Waals surface area (Å²) in [7, 11) is -9.89. The molecule has 0 aromatic heterocycles. The van der Waals surface area contributed by atoms with Gasteiger partial charge in [-0.3, -0.25) is 37.3 Å². The summed E-state index contributed by atoms with van der Waals surface area (Å²) < 4.78 is 68.1. The van der Waals surface area contributed by atoms with Crippen molar-refractivity contribution in [1.82, 2.24) is 0 Å². The van der Waals surface area contributed by atoms with Gasteiger partial charge in [0.25, 0.3) is 0 Å². The Morgan fingerprint density at radius 2 is 0.567 bits per heavy atom. The lowest BCUT2D eigenvalue weighted by atomic mass is 9.99. The van der Waals surface area contributed by atoms with Gasteiger partial charge < -0.3 is 33.8 Å². The third kappa shape index (κ3) is 62.2. The van der Waals surface area contributed by atoms with Crippen LogP contribution in [0.4, 0.5) is 0 Å². The van der Waals surface area contributed by atoms with Gasteiger partial charge in [0.1, 0.15) is 19.3 Å². The molecule has 0 aliphatic carbocycles. The lowest BCUT2D eigenvalue weighted by Gasteiger charge is -2.21.